The molecule has 0 N–H and O–H groups in total. The van der Waals surface area contributed by atoms with Gasteiger partial charge in [-0.25, -0.2) is 0 Å². The molecule has 198 valence electrons. The van der Waals surface area contributed by atoms with Gasteiger partial charge >= 0.3 is 0 Å². The molecular formula is C27H32N2O8. The second-order valence-corrected chi connectivity index (χ2v) is 8.52. The van der Waals surface area contributed by atoms with Crippen molar-refractivity contribution < 1.29 is 37.7 Å². The minimum Gasteiger partial charge on any atom is -0.497 e. The molecular weight excluding hydrogens is 480 g/mol. The summed E-state index contributed by atoms with van der Waals surface area (Å²) in [4.78, 5) is 15.4. The summed E-state index contributed by atoms with van der Waals surface area (Å²) in [6.45, 7) is 1.34. The summed E-state index contributed by atoms with van der Waals surface area (Å²) in [5, 5.41) is 4.23. The SMILES string of the molecule is COc1cc(OC)cc(C(=O)N(Cc2cc(-c3cc(OC)c(OC)c(OC)c3)on2)C[C@@H]2CCCO2)c1. The van der Waals surface area contributed by atoms with Gasteiger partial charge < -0.3 is 37.8 Å². The van der Waals surface area contributed by atoms with E-state index < -0.39 is 0 Å². The standard InChI is InChI=1S/C27H32N2O8/c1-31-21-9-18(10-22(14-21)32-2)27(30)29(16-20-7-6-8-36-20)15-19-13-23(37-28-19)17-11-24(33-3)26(35-5)25(12-17)34-4/h9-14,20H,6-8,15-16H2,1-5H3/t20-/m0/s1. The fourth-order valence-electron chi connectivity index (χ4n) is 4.31. The smallest absolute Gasteiger partial charge is 0.254 e. The molecule has 1 aliphatic heterocycles. The molecule has 2 heterocycles. The zero-order chi connectivity index (χ0) is 26.4. The first-order valence-electron chi connectivity index (χ1n) is 11.9. The monoisotopic (exact) mass is 512 g/mol. The number of benzene rings is 2. The van der Waals surface area contributed by atoms with Gasteiger partial charge in [-0.1, -0.05) is 5.16 Å². The van der Waals surface area contributed by atoms with Gasteiger partial charge in [0.25, 0.3) is 5.91 Å². The quantitative estimate of drug-likeness (QED) is 0.374. The largest absolute Gasteiger partial charge is 0.497 e. The van der Waals surface area contributed by atoms with Crippen molar-refractivity contribution in [3.8, 4) is 40.1 Å². The number of carbonyl (C=O) groups is 1. The Morgan fingerprint density at radius 2 is 1.59 bits per heavy atom. The van der Waals surface area contributed by atoms with Crippen LogP contribution in [0.2, 0.25) is 0 Å². The summed E-state index contributed by atoms with van der Waals surface area (Å²) in [5.74, 6) is 2.85. The fourth-order valence-corrected chi connectivity index (χ4v) is 4.31. The highest BCUT2D eigenvalue weighted by Gasteiger charge is 2.26. The predicted molar refractivity (Wildman–Crippen MR) is 135 cm³/mol. The highest BCUT2D eigenvalue weighted by atomic mass is 16.5. The Balaban J connectivity index is 1.62. The summed E-state index contributed by atoms with van der Waals surface area (Å²) >= 11 is 0. The summed E-state index contributed by atoms with van der Waals surface area (Å²) in [5.41, 5.74) is 1.73. The van der Waals surface area contributed by atoms with E-state index in [1.807, 2.05) is 0 Å². The topological polar surface area (TPSA) is 102 Å². The van der Waals surface area contributed by atoms with Crippen LogP contribution >= 0.6 is 0 Å². The third-order valence-electron chi connectivity index (χ3n) is 6.19. The number of methoxy groups -OCH3 is 5. The normalized spacial score (nSPS) is 14.8. The number of nitrogens with zero attached hydrogens (tertiary/aromatic N) is 2. The molecule has 37 heavy (non-hydrogen) atoms. The second-order valence-electron chi connectivity index (χ2n) is 8.52. The Bertz CT molecular complexity index is 1170. The Hall–Kier alpha value is -3.92. The number of aromatic nitrogens is 1. The van der Waals surface area contributed by atoms with Crippen LogP contribution in [0.3, 0.4) is 0 Å². The molecule has 4 rings (SSSR count). The molecule has 3 aromatic rings. The Labute approximate surface area is 215 Å². The maximum atomic E-state index is 13.6. The van der Waals surface area contributed by atoms with Gasteiger partial charge in [0.05, 0.1) is 48.2 Å². The van der Waals surface area contributed by atoms with E-state index in [1.165, 1.54) is 0 Å². The van der Waals surface area contributed by atoms with Crippen LogP contribution in [0.1, 0.15) is 28.9 Å². The highest BCUT2D eigenvalue weighted by Crippen LogP contribution is 2.41. The van der Waals surface area contributed by atoms with Crippen LogP contribution in [-0.2, 0) is 11.3 Å². The van der Waals surface area contributed by atoms with Crippen LogP contribution in [0.25, 0.3) is 11.3 Å². The second kappa shape index (κ2) is 11.9. The lowest BCUT2D eigenvalue weighted by Crippen LogP contribution is -2.37. The van der Waals surface area contributed by atoms with Crippen molar-refractivity contribution in [2.24, 2.45) is 0 Å². The number of hydrogen-bond donors (Lipinski definition) is 0. The third kappa shape index (κ3) is 5.91. The van der Waals surface area contributed by atoms with E-state index in [2.05, 4.69) is 5.16 Å². The molecule has 0 unspecified atom stereocenters. The van der Waals surface area contributed by atoms with Crippen molar-refractivity contribution in [1.82, 2.24) is 10.1 Å². The third-order valence-corrected chi connectivity index (χ3v) is 6.19. The van der Waals surface area contributed by atoms with Crippen molar-refractivity contribution in [1.29, 1.82) is 0 Å². The zero-order valence-corrected chi connectivity index (χ0v) is 21.7. The van der Waals surface area contributed by atoms with Crippen LogP contribution in [-0.4, -0.2) is 70.8 Å². The van der Waals surface area contributed by atoms with Crippen molar-refractivity contribution >= 4 is 5.91 Å². The number of rotatable bonds is 11. The molecule has 0 saturated carbocycles. The Morgan fingerprint density at radius 3 is 2.14 bits per heavy atom. The average Bonchev–Trinajstić information content (AvgIpc) is 3.63. The van der Waals surface area contributed by atoms with Crippen molar-refractivity contribution in [3.63, 3.8) is 0 Å². The van der Waals surface area contributed by atoms with Crippen LogP contribution in [0, 0.1) is 0 Å². The van der Waals surface area contributed by atoms with Crippen LogP contribution in [0.4, 0.5) is 0 Å². The Kier molecular flexibility index (Phi) is 8.39. The molecule has 1 aliphatic rings. The first-order chi connectivity index (χ1) is 18.0. The summed E-state index contributed by atoms with van der Waals surface area (Å²) in [6, 6.07) is 10.5. The molecule has 0 aliphatic carbocycles. The van der Waals surface area contributed by atoms with E-state index in [4.69, 9.17) is 32.9 Å². The van der Waals surface area contributed by atoms with Crippen LogP contribution < -0.4 is 23.7 Å². The highest BCUT2D eigenvalue weighted by molar-refractivity contribution is 5.95. The number of ether oxygens (including phenoxy) is 6. The molecule has 10 nitrogen and oxygen atoms in total. The summed E-state index contributed by atoms with van der Waals surface area (Å²) < 4.78 is 38.5. The lowest BCUT2D eigenvalue weighted by molar-refractivity contribution is 0.0502. The van der Waals surface area contributed by atoms with Gasteiger partial charge in [0.1, 0.15) is 17.2 Å². The zero-order valence-electron chi connectivity index (χ0n) is 21.7. The van der Waals surface area contributed by atoms with E-state index in [0.717, 1.165) is 12.8 Å². The molecule has 0 bridgehead atoms. The van der Waals surface area contributed by atoms with Gasteiger partial charge in [0.2, 0.25) is 5.75 Å². The minimum atomic E-state index is -0.190. The molecule has 2 aromatic carbocycles. The Morgan fingerprint density at radius 1 is 0.919 bits per heavy atom. The van der Waals surface area contributed by atoms with Gasteiger partial charge in [0.15, 0.2) is 17.3 Å². The molecule has 0 spiro atoms. The predicted octanol–water partition coefficient (Wildman–Crippen LogP) is 4.21. The maximum absolute atomic E-state index is 13.6. The molecule has 10 heteroatoms. The molecule has 1 atom stereocenters. The molecule has 1 fully saturated rings. The van der Waals surface area contributed by atoms with E-state index in [9.17, 15) is 4.79 Å². The lowest BCUT2D eigenvalue weighted by atomic mass is 10.1. The van der Waals surface area contributed by atoms with Crippen LogP contribution in [0.15, 0.2) is 40.9 Å². The van der Waals surface area contributed by atoms with Gasteiger partial charge in [-0.15, -0.1) is 0 Å². The van der Waals surface area contributed by atoms with E-state index >= 15 is 0 Å². The molecule has 1 saturated heterocycles. The van der Waals surface area contributed by atoms with E-state index in [-0.39, 0.29) is 18.6 Å². The van der Waals surface area contributed by atoms with E-state index in [1.54, 1.807) is 76.8 Å². The number of carbonyl (C=O) groups excluding carboxylic acids is 1. The lowest BCUT2D eigenvalue weighted by Gasteiger charge is -2.25. The molecule has 1 aromatic heterocycles. The van der Waals surface area contributed by atoms with E-state index in [0.29, 0.717) is 64.5 Å². The number of hydrogen-bond acceptors (Lipinski definition) is 9. The first-order valence-corrected chi connectivity index (χ1v) is 11.9. The van der Waals surface area contributed by atoms with Crippen molar-refractivity contribution in [3.05, 3.63) is 47.7 Å². The van der Waals surface area contributed by atoms with Gasteiger partial charge in [-0.2, -0.15) is 0 Å². The van der Waals surface area contributed by atoms with Crippen LogP contribution in [0.5, 0.6) is 28.7 Å². The van der Waals surface area contributed by atoms with Gasteiger partial charge in [0, 0.05) is 36.4 Å². The van der Waals surface area contributed by atoms with Crippen molar-refractivity contribution in [2.75, 3.05) is 48.7 Å². The maximum Gasteiger partial charge on any atom is 0.254 e. The summed E-state index contributed by atoms with van der Waals surface area (Å²) in [7, 11) is 7.74. The number of amides is 1. The molecule has 0 radical (unpaired) electrons. The van der Waals surface area contributed by atoms with Gasteiger partial charge in [-0.3, -0.25) is 4.79 Å². The van der Waals surface area contributed by atoms with Crippen molar-refractivity contribution in [2.45, 2.75) is 25.5 Å². The average molecular weight is 513 g/mol. The van der Waals surface area contributed by atoms with Gasteiger partial charge in [-0.05, 0) is 37.1 Å². The molecule has 1 amide bonds. The summed E-state index contributed by atoms with van der Waals surface area (Å²) in [6.07, 6.45) is 1.81. The fraction of sp³-hybridized carbons (Fsp3) is 0.407. The minimum absolute atomic E-state index is 0.0436. The first kappa shape index (κ1) is 26.2.